The van der Waals surface area contributed by atoms with Crippen molar-refractivity contribution in [2.45, 2.75) is 12.8 Å². The SMILES string of the molecule is O=C1C(=O)c2cc(Br)ccc2C(O)=C1CCc1ccccc1. The highest BCUT2D eigenvalue weighted by Gasteiger charge is 2.32. The van der Waals surface area contributed by atoms with E-state index >= 15 is 0 Å². The molecule has 0 bridgehead atoms. The van der Waals surface area contributed by atoms with Crippen LogP contribution in [0.1, 0.15) is 27.9 Å². The molecule has 0 saturated carbocycles. The van der Waals surface area contributed by atoms with Crippen LogP contribution in [0.15, 0.2) is 58.6 Å². The number of carbonyl (C=O) groups is 2. The molecule has 0 spiro atoms. The zero-order valence-corrected chi connectivity index (χ0v) is 13.3. The minimum atomic E-state index is -0.612. The van der Waals surface area contributed by atoms with Crippen molar-refractivity contribution in [1.29, 1.82) is 0 Å². The summed E-state index contributed by atoms with van der Waals surface area (Å²) < 4.78 is 0.702. The van der Waals surface area contributed by atoms with Crippen LogP contribution in [0.4, 0.5) is 0 Å². The zero-order chi connectivity index (χ0) is 15.7. The standard InChI is InChI=1S/C18H13BrO3/c19-12-7-9-13-15(10-12)18(22)17(21)14(16(13)20)8-6-11-4-2-1-3-5-11/h1-5,7,9-10,20H,6,8H2. The Morgan fingerprint density at radius 2 is 1.59 bits per heavy atom. The second kappa shape index (κ2) is 5.89. The van der Waals surface area contributed by atoms with Crippen LogP contribution < -0.4 is 0 Å². The Hall–Kier alpha value is -2.20. The summed E-state index contributed by atoms with van der Waals surface area (Å²) in [4.78, 5) is 24.5. The van der Waals surface area contributed by atoms with Gasteiger partial charge in [-0.15, -0.1) is 0 Å². The first-order valence-corrected chi connectivity index (χ1v) is 7.72. The maximum absolute atomic E-state index is 12.2. The van der Waals surface area contributed by atoms with E-state index in [0.717, 1.165) is 5.56 Å². The quantitative estimate of drug-likeness (QED) is 0.841. The molecule has 0 unspecified atom stereocenters. The molecule has 0 atom stereocenters. The highest BCUT2D eigenvalue weighted by molar-refractivity contribution is 9.10. The molecular formula is C18H13BrO3. The summed E-state index contributed by atoms with van der Waals surface area (Å²) in [6, 6.07) is 14.6. The smallest absolute Gasteiger partial charge is 0.234 e. The van der Waals surface area contributed by atoms with Gasteiger partial charge in [0, 0.05) is 21.2 Å². The summed E-state index contributed by atoms with van der Waals surface area (Å²) in [7, 11) is 0. The Balaban J connectivity index is 1.96. The van der Waals surface area contributed by atoms with Gasteiger partial charge in [-0.25, -0.2) is 0 Å². The number of fused-ring (bicyclic) bond motifs is 1. The molecule has 2 aromatic rings. The van der Waals surface area contributed by atoms with Gasteiger partial charge in [-0.1, -0.05) is 46.3 Å². The van der Waals surface area contributed by atoms with Crippen molar-refractivity contribution in [1.82, 2.24) is 0 Å². The molecule has 1 aliphatic carbocycles. The molecule has 0 heterocycles. The van der Waals surface area contributed by atoms with Crippen LogP contribution in [0.2, 0.25) is 0 Å². The number of aliphatic hydroxyl groups is 1. The predicted octanol–water partition coefficient (Wildman–Crippen LogP) is 4.12. The van der Waals surface area contributed by atoms with E-state index in [1.54, 1.807) is 18.2 Å². The summed E-state index contributed by atoms with van der Waals surface area (Å²) in [5.74, 6) is -1.25. The highest BCUT2D eigenvalue weighted by Crippen LogP contribution is 2.31. The highest BCUT2D eigenvalue weighted by atomic mass is 79.9. The molecule has 2 aromatic carbocycles. The van der Waals surface area contributed by atoms with E-state index in [1.807, 2.05) is 30.3 Å². The van der Waals surface area contributed by atoms with Gasteiger partial charge in [-0.3, -0.25) is 9.59 Å². The first-order chi connectivity index (χ1) is 10.6. The zero-order valence-electron chi connectivity index (χ0n) is 11.7. The Morgan fingerprint density at radius 3 is 2.32 bits per heavy atom. The fourth-order valence-corrected chi connectivity index (χ4v) is 2.95. The van der Waals surface area contributed by atoms with E-state index in [-0.39, 0.29) is 16.9 Å². The van der Waals surface area contributed by atoms with Crippen LogP contribution >= 0.6 is 15.9 Å². The van der Waals surface area contributed by atoms with Gasteiger partial charge in [0.1, 0.15) is 5.76 Å². The van der Waals surface area contributed by atoms with Crippen molar-refractivity contribution in [3.8, 4) is 0 Å². The summed E-state index contributed by atoms with van der Waals surface area (Å²) in [6.07, 6.45) is 0.945. The molecule has 22 heavy (non-hydrogen) atoms. The van der Waals surface area contributed by atoms with Gasteiger partial charge in [-0.2, -0.15) is 0 Å². The second-order valence-electron chi connectivity index (χ2n) is 5.16. The minimum absolute atomic E-state index is 0.0805. The lowest BCUT2D eigenvalue weighted by atomic mass is 9.86. The number of hydrogen-bond acceptors (Lipinski definition) is 3. The molecule has 3 nitrogen and oxygen atoms in total. The largest absolute Gasteiger partial charge is 0.507 e. The van der Waals surface area contributed by atoms with Crippen molar-refractivity contribution in [3.05, 3.63) is 75.3 Å². The van der Waals surface area contributed by atoms with Gasteiger partial charge in [0.05, 0.1) is 0 Å². The van der Waals surface area contributed by atoms with Crippen LogP contribution in [-0.2, 0) is 11.2 Å². The van der Waals surface area contributed by atoms with Crippen molar-refractivity contribution >= 4 is 33.3 Å². The Morgan fingerprint density at radius 1 is 0.864 bits per heavy atom. The summed E-state index contributed by atoms with van der Waals surface area (Å²) >= 11 is 3.27. The topological polar surface area (TPSA) is 54.4 Å². The van der Waals surface area contributed by atoms with Crippen molar-refractivity contribution in [3.63, 3.8) is 0 Å². The number of hydrogen-bond donors (Lipinski definition) is 1. The van der Waals surface area contributed by atoms with Crippen LogP contribution in [0.3, 0.4) is 0 Å². The predicted molar refractivity (Wildman–Crippen MR) is 87.8 cm³/mol. The number of halogens is 1. The first kappa shape index (κ1) is 14.7. The lowest BCUT2D eigenvalue weighted by molar-refractivity contribution is -0.112. The third-order valence-corrected chi connectivity index (χ3v) is 4.25. The molecular weight excluding hydrogens is 344 g/mol. The van der Waals surface area contributed by atoms with E-state index in [9.17, 15) is 14.7 Å². The lowest BCUT2D eigenvalue weighted by Crippen LogP contribution is -2.24. The van der Waals surface area contributed by atoms with E-state index in [2.05, 4.69) is 15.9 Å². The van der Waals surface area contributed by atoms with E-state index in [0.29, 0.717) is 22.9 Å². The summed E-state index contributed by atoms with van der Waals surface area (Å²) in [5.41, 5.74) is 1.93. The van der Waals surface area contributed by atoms with Crippen molar-refractivity contribution in [2.75, 3.05) is 0 Å². The van der Waals surface area contributed by atoms with Gasteiger partial charge in [-0.05, 0) is 36.6 Å². The average molecular weight is 357 g/mol. The maximum Gasteiger partial charge on any atom is 0.234 e. The first-order valence-electron chi connectivity index (χ1n) is 6.93. The van der Waals surface area contributed by atoms with Crippen LogP contribution in [0.5, 0.6) is 0 Å². The second-order valence-corrected chi connectivity index (χ2v) is 6.08. The van der Waals surface area contributed by atoms with Crippen molar-refractivity contribution in [2.24, 2.45) is 0 Å². The Bertz CT molecular complexity index is 791. The normalized spacial score (nSPS) is 14.2. The molecule has 110 valence electrons. The summed E-state index contributed by atoms with van der Waals surface area (Å²) in [6.45, 7) is 0. The van der Waals surface area contributed by atoms with Gasteiger partial charge in [0.25, 0.3) is 0 Å². The minimum Gasteiger partial charge on any atom is -0.507 e. The van der Waals surface area contributed by atoms with Crippen LogP contribution in [0, 0.1) is 0 Å². The number of ketones is 2. The molecule has 1 aliphatic rings. The number of aliphatic hydroxyl groups excluding tert-OH is 1. The number of rotatable bonds is 3. The van der Waals surface area contributed by atoms with Crippen LogP contribution in [-0.4, -0.2) is 16.7 Å². The molecule has 0 fully saturated rings. The number of benzene rings is 2. The lowest BCUT2D eigenvalue weighted by Gasteiger charge is -2.18. The fraction of sp³-hybridized carbons (Fsp3) is 0.111. The molecule has 0 aliphatic heterocycles. The molecule has 1 N–H and O–H groups in total. The van der Waals surface area contributed by atoms with Crippen molar-refractivity contribution < 1.29 is 14.7 Å². The fourth-order valence-electron chi connectivity index (χ4n) is 2.59. The average Bonchev–Trinajstić information content (AvgIpc) is 2.53. The van der Waals surface area contributed by atoms with E-state index in [4.69, 9.17) is 0 Å². The Kier molecular flexibility index (Phi) is 3.94. The monoisotopic (exact) mass is 356 g/mol. The Labute approximate surface area is 136 Å². The summed E-state index contributed by atoms with van der Waals surface area (Å²) in [5, 5.41) is 10.4. The number of allylic oxidation sites excluding steroid dienone is 1. The van der Waals surface area contributed by atoms with Gasteiger partial charge in [0.2, 0.25) is 11.6 Å². The molecule has 0 saturated heterocycles. The molecule has 0 radical (unpaired) electrons. The van der Waals surface area contributed by atoms with Gasteiger partial charge < -0.3 is 5.11 Å². The molecule has 0 amide bonds. The van der Waals surface area contributed by atoms with Gasteiger partial charge >= 0.3 is 0 Å². The van der Waals surface area contributed by atoms with Crippen LogP contribution in [0.25, 0.3) is 5.76 Å². The third-order valence-electron chi connectivity index (χ3n) is 3.75. The van der Waals surface area contributed by atoms with E-state index in [1.165, 1.54) is 0 Å². The third kappa shape index (κ3) is 2.62. The van der Waals surface area contributed by atoms with Gasteiger partial charge in [0.15, 0.2) is 0 Å². The van der Waals surface area contributed by atoms with E-state index < -0.39 is 11.6 Å². The molecule has 4 heteroatoms. The number of carbonyl (C=O) groups excluding carboxylic acids is 2. The number of Topliss-reactive ketones (excluding diaryl/α,β-unsaturated/α-hetero) is 2. The molecule has 0 aromatic heterocycles. The maximum atomic E-state index is 12.2. The molecule has 3 rings (SSSR count). The number of aryl methyl sites for hydroxylation is 1.